The van der Waals surface area contributed by atoms with Crippen LogP contribution in [0.25, 0.3) is 0 Å². The van der Waals surface area contributed by atoms with Crippen LogP contribution in [0.4, 0.5) is 0 Å². The van der Waals surface area contributed by atoms with Gasteiger partial charge >= 0.3 is 0 Å². The molecule has 1 fully saturated rings. The van der Waals surface area contributed by atoms with Gasteiger partial charge in [-0.15, -0.1) is 12.4 Å². The number of halogens is 1. The number of benzene rings is 2. The molecule has 0 saturated carbocycles. The van der Waals surface area contributed by atoms with Crippen molar-refractivity contribution in [3.8, 4) is 5.75 Å². The lowest BCUT2D eigenvalue weighted by atomic mass is 9.96. The number of hydrogen-bond donors (Lipinski definition) is 2. The Balaban J connectivity index is 0.00000300. The molecule has 29 heavy (non-hydrogen) atoms. The molecule has 1 saturated heterocycles. The van der Waals surface area contributed by atoms with Gasteiger partial charge in [0.2, 0.25) is 5.91 Å². The number of rotatable bonds is 7. The number of ether oxygens (including phenoxy) is 2. The summed E-state index contributed by atoms with van der Waals surface area (Å²) in [5, 5.41) is 6.57. The smallest absolute Gasteiger partial charge is 0.222 e. The average Bonchev–Trinajstić information content (AvgIpc) is 2.67. The van der Waals surface area contributed by atoms with Crippen LogP contribution in [0.3, 0.4) is 0 Å². The predicted octanol–water partition coefficient (Wildman–Crippen LogP) is 3.51. The van der Waals surface area contributed by atoms with Crippen LogP contribution in [0.15, 0.2) is 42.5 Å². The zero-order valence-electron chi connectivity index (χ0n) is 17.4. The summed E-state index contributed by atoms with van der Waals surface area (Å²) in [4.78, 5) is 12.7. The molecule has 1 aliphatic rings. The van der Waals surface area contributed by atoms with Crippen LogP contribution < -0.4 is 15.4 Å². The molecule has 2 N–H and O–H groups in total. The predicted molar refractivity (Wildman–Crippen MR) is 118 cm³/mol. The van der Waals surface area contributed by atoms with Crippen molar-refractivity contribution in [3.63, 3.8) is 0 Å². The number of methoxy groups -OCH3 is 1. The second kappa shape index (κ2) is 11.2. The molecular formula is C23H31ClN2O3. The minimum atomic E-state index is -0.117. The topological polar surface area (TPSA) is 59.6 Å². The lowest BCUT2D eigenvalue weighted by molar-refractivity contribution is -0.123. The van der Waals surface area contributed by atoms with E-state index in [4.69, 9.17) is 9.47 Å². The van der Waals surface area contributed by atoms with Gasteiger partial charge in [-0.05, 0) is 43.5 Å². The molecule has 3 rings (SSSR count). The van der Waals surface area contributed by atoms with E-state index in [1.165, 1.54) is 16.7 Å². The van der Waals surface area contributed by atoms with Gasteiger partial charge in [-0.2, -0.15) is 0 Å². The number of amides is 1. The van der Waals surface area contributed by atoms with E-state index in [2.05, 4.69) is 42.7 Å². The molecule has 2 atom stereocenters. The number of carbonyl (C=O) groups is 1. The van der Waals surface area contributed by atoms with E-state index in [1.807, 2.05) is 24.3 Å². The van der Waals surface area contributed by atoms with Crippen LogP contribution in [0.2, 0.25) is 0 Å². The molecule has 0 radical (unpaired) electrons. The fourth-order valence-electron chi connectivity index (χ4n) is 3.76. The fourth-order valence-corrected chi connectivity index (χ4v) is 3.76. The van der Waals surface area contributed by atoms with Crippen LogP contribution >= 0.6 is 12.4 Å². The molecule has 0 bridgehead atoms. The Hall–Kier alpha value is -2.08. The van der Waals surface area contributed by atoms with Crippen LogP contribution in [0, 0.1) is 13.8 Å². The van der Waals surface area contributed by atoms with Crippen molar-refractivity contribution in [1.29, 1.82) is 0 Å². The summed E-state index contributed by atoms with van der Waals surface area (Å²) in [6, 6.07) is 14.4. The van der Waals surface area contributed by atoms with E-state index in [0.29, 0.717) is 19.6 Å². The highest BCUT2D eigenvalue weighted by molar-refractivity contribution is 5.85. The lowest BCUT2D eigenvalue weighted by Gasteiger charge is -2.25. The van der Waals surface area contributed by atoms with Crippen LogP contribution in [-0.2, 0) is 16.0 Å². The van der Waals surface area contributed by atoms with Gasteiger partial charge in [-0.1, -0.05) is 41.5 Å². The largest absolute Gasteiger partial charge is 0.497 e. The molecule has 0 spiro atoms. The minimum absolute atomic E-state index is 0. The fraction of sp³-hybridized carbons (Fsp3) is 0.435. The van der Waals surface area contributed by atoms with Crippen LogP contribution in [0.1, 0.15) is 34.7 Å². The molecule has 1 heterocycles. The first-order valence-electron chi connectivity index (χ1n) is 9.85. The van der Waals surface area contributed by atoms with Crippen molar-refractivity contribution in [3.05, 3.63) is 64.7 Å². The molecule has 1 aliphatic heterocycles. The van der Waals surface area contributed by atoms with Gasteiger partial charge in [0.05, 0.1) is 26.4 Å². The Morgan fingerprint density at radius 2 is 2.00 bits per heavy atom. The third kappa shape index (κ3) is 7.03. The summed E-state index contributed by atoms with van der Waals surface area (Å²) in [5.74, 6) is 0.819. The van der Waals surface area contributed by atoms with Gasteiger partial charge in [-0.25, -0.2) is 0 Å². The zero-order valence-corrected chi connectivity index (χ0v) is 18.2. The summed E-state index contributed by atoms with van der Waals surface area (Å²) in [5.41, 5.74) is 4.72. The van der Waals surface area contributed by atoms with E-state index in [1.54, 1.807) is 7.11 Å². The second-order valence-electron chi connectivity index (χ2n) is 7.53. The van der Waals surface area contributed by atoms with Gasteiger partial charge < -0.3 is 20.1 Å². The maximum Gasteiger partial charge on any atom is 0.222 e. The highest BCUT2D eigenvalue weighted by atomic mass is 35.5. The number of aryl methyl sites for hydroxylation is 2. The van der Waals surface area contributed by atoms with Crippen molar-refractivity contribution in [2.45, 2.75) is 38.8 Å². The van der Waals surface area contributed by atoms with Gasteiger partial charge in [0.1, 0.15) is 5.75 Å². The number of nitrogens with one attached hydrogen (secondary N) is 2. The second-order valence-corrected chi connectivity index (χ2v) is 7.53. The number of hydrogen-bond acceptors (Lipinski definition) is 4. The summed E-state index contributed by atoms with van der Waals surface area (Å²) in [6.07, 6.45) is 1.14. The average molecular weight is 419 g/mol. The summed E-state index contributed by atoms with van der Waals surface area (Å²) < 4.78 is 10.8. The van der Waals surface area contributed by atoms with Crippen LogP contribution in [-0.4, -0.2) is 38.8 Å². The molecule has 0 aliphatic carbocycles. The van der Waals surface area contributed by atoms with E-state index >= 15 is 0 Å². The number of morpholine rings is 1. The highest BCUT2D eigenvalue weighted by Crippen LogP contribution is 2.24. The molecule has 0 aromatic heterocycles. The molecule has 1 amide bonds. The molecule has 6 heteroatoms. The highest BCUT2D eigenvalue weighted by Gasteiger charge is 2.21. The van der Waals surface area contributed by atoms with Crippen molar-refractivity contribution < 1.29 is 14.3 Å². The Bertz CT molecular complexity index is 786. The quantitative estimate of drug-likeness (QED) is 0.722. The first-order chi connectivity index (χ1) is 13.5. The molecule has 2 aromatic carbocycles. The first-order valence-corrected chi connectivity index (χ1v) is 9.85. The molecule has 2 aromatic rings. The number of carbonyl (C=O) groups excluding carboxylic acids is 1. The Morgan fingerprint density at radius 1 is 1.24 bits per heavy atom. The minimum Gasteiger partial charge on any atom is -0.497 e. The van der Waals surface area contributed by atoms with Gasteiger partial charge in [0, 0.05) is 19.0 Å². The maximum atomic E-state index is 12.7. The van der Waals surface area contributed by atoms with Gasteiger partial charge in [0.25, 0.3) is 0 Å². The Morgan fingerprint density at radius 3 is 2.66 bits per heavy atom. The normalized spacial score (nSPS) is 17.1. The molecular weight excluding hydrogens is 388 g/mol. The van der Waals surface area contributed by atoms with E-state index in [0.717, 1.165) is 24.3 Å². The molecule has 5 nitrogen and oxygen atoms in total. The van der Waals surface area contributed by atoms with Gasteiger partial charge in [-0.3, -0.25) is 4.79 Å². The van der Waals surface area contributed by atoms with E-state index in [9.17, 15) is 4.79 Å². The van der Waals surface area contributed by atoms with Crippen LogP contribution in [0.5, 0.6) is 5.75 Å². The van der Waals surface area contributed by atoms with Crippen molar-refractivity contribution >= 4 is 18.3 Å². The third-order valence-corrected chi connectivity index (χ3v) is 4.98. The summed E-state index contributed by atoms with van der Waals surface area (Å²) in [6.45, 7) is 6.28. The first kappa shape index (κ1) is 23.2. The third-order valence-electron chi connectivity index (χ3n) is 4.98. The van der Waals surface area contributed by atoms with E-state index in [-0.39, 0.29) is 30.4 Å². The van der Waals surface area contributed by atoms with E-state index < -0.39 is 0 Å². The maximum absolute atomic E-state index is 12.7. The van der Waals surface area contributed by atoms with Gasteiger partial charge in [0.15, 0.2) is 0 Å². The SMILES string of the molecule is COc1cccc(C(Cc2cc(C)cc(C)c2)NC(=O)CC2COCCN2)c1.Cl. The molecule has 158 valence electrons. The van der Waals surface area contributed by atoms with Crippen molar-refractivity contribution in [2.75, 3.05) is 26.9 Å². The standard InChI is InChI=1S/C23H30N2O3.ClH/c1-16-9-17(2)11-18(10-16)12-22(19-5-4-6-21(13-19)27-3)25-23(26)14-20-15-28-8-7-24-20;/h4-6,9-11,13,20,22,24H,7-8,12,14-15H2,1-3H3,(H,25,26);1H. The summed E-state index contributed by atoms with van der Waals surface area (Å²) in [7, 11) is 1.66. The Labute approximate surface area is 179 Å². The van der Waals surface area contributed by atoms with Crippen molar-refractivity contribution in [1.82, 2.24) is 10.6 Å². The monoisotopic (exact) mass is 418 g/mol. The summed E-state index contributed by atoms with van der Waals surface area (Å²) >= 11 is 0. The lowest BCUT2D eigenvalue weighted by Crippen LogP contribution is -2.44. The zero-order chi connectivity index (χ0) is 19.9. The molecule has 2 unspecified atom stereocenters. The van der Waals surface area contributed by atoms with Crippen molar-refractivity contribution in [2.24, 2.45) is 0 Å². The Kier molecular flexibility index (Phi) is 8.96.